The van der Waals surface area contributed by atoms with Crippen LogP contribution in [0.25, 0.3) is 0 Å². The van der Waals surface area contributed by atoms with Crippen molar-refractivity contribution in [3.8, 4) is 6.07 Å². The van der Waals surface area contributed by atoms with Gasteiger partial charge in [0.1, 0.15) is 15.3 Å². The summed E-state index contributed by atoms with van der Waals surface area (Å²) < 4.78 is 3.69. The van der Waals surface area contributed by atoms with Crippen LogP contribution in [0.3, 0.4) is 0 Å². The van der Waals surface area contributed by atoms with Gasteiger partial charge in [0, 0.05) is 5.56 Å². The lowest BCUT2D eigenvalue weighted by Crippen LogP contribution is -2.26. The molecule has 0 spiro atoms. The highest BCUT2D eigenvalue weighted by Crippen LogP contribution is 2.35. The summed E-state index contributed by atoms with van der Waals surface area (Å²) in [6.45, 7) is 0.245. The van der Waals surface area contributed by atoms with Crippen molar-refractivity contribution in [1.82, 2.24) is 9.88 Å². The summed E-state index contributed by atoms with van der Waals surface area (Å²) in [6, 6.07) is 11.0. The third-order valence-corrected chi connectivity index (χ3v) is 5.58. The van der Waals surface area contributed by atoms with Gasteiger partial charge in [0.05, 0.1) is 16.7 Å². The van der Waals surface area contributed by atoms with Crippen molar-refractivity contribution in [2.45, 2.75) is 6.67 Å². The number of hydrogen-bond donors (Lipinski definition) is 1. The summed E-state index contributed by atoms with van der Waals surface area (Å²) >= 11 is 10.1. The number of nitrogens with one attached hydrogen (secondary N) is 1. The van der Waals surface area contributed by atoms with Crippen LogP contribution in [0.15, 0.2) is 44.0 Å². The molecule has 1 amide bonds. The van der Waals surface area contributed by atoms with Gasteiger partial charge in [0.25, 0.3) is 5.91 Å². The average molecular weight is 462 g/mol. The number of benzene rings is 1. The predicted molar refractivity (Wildman–Crippen MR) is 86.2 cm³/mol. The van der Waals surface area contributed by atoms with E-state index in [4.69, 9.17) is 5.26 Å². The van der Waals surface area contributed by atoms with Crippen molar-refractivity contribution >= 4 is 53.7 Å². The van der Waals surface area contributed by atoms with Crippen LogP contribution in [-0.2, 0) is 6.67 Å². The molecule has 0 aliphatic heterocycles. The van der Waals surface area contributed by atoms with Gasteiger partial charge in [-0.05, 0) is 59.9 Å². The highest BCUT2D eigenvalue weighted by molar-refractivity contribution is 9.13. The Kier molecular flexibility index (Phi) is 5.02. The van der Waals surface area contributed by atoms with E-state index in [9.17, 15) is 4.79 Å². The van der Waals surface area contributed by atoms with Gasteiger partial charge in [-0.1, -0.05) is 18.2 Å². The molecule has 0 radical (unpaired) electrons. The molecule has 2 aromatic rings. The zero-order chi connectivity index (χ0) is 14.7. The van der Waals surface area contributed by atoms with Crippen molar-refractivity contribution in [2.75, 3.05) is 0 Å². The topological polar surface area (TPSA) is 57.8 Å². The fraction of sp³-hybridized carbons (Fsp3) is 0.0769. The number of carbonyl (C=O) groups is 1. The molecule has 4 nitrogen and oxygen atoms in total. The molecular formula is C13H8Br3N3O. The molecule has 0 aliphatic carbocycles. The lowest BCUT2D eigenvalue weighted by Gasteiger charge is -2.09. The fourth-order valence-corrected chi connectivity index (χ4v) is 3.69. The molecule has 1 heterocycles. The van der Waals surface area contributed by atoms with Crippen molar-refractivity contribution in [2.24, 2.45) is 0 Å². The molecule has 0 aliphatic rings. The average Bonchev–Trinajstić information content (AvgIpc) is 2.68. The van der Waals surface area contributed by atoms with Gasteiger partial charge in [0.15, 0.2) is 0 Å². The van der Waals surface area contributed by atoms with E-state index in [0.29, 0.717) is 24.8 Å². The van der Waals surface area contributed by atoms with Crippen molar-refractivity contribution in [3.63, 3.8) is 0 Å². The Morgan fingerprint density at radius 2 is 1.85 bits per heavy atom. The Hall–Kier alpha value is -1.10. The molecule has 0 saturated heterocycles. The van der Waals surface area contributed by atoms with E-state index in [1.54, 1.807) is 28.8 Å². The van der Waals surface area contributed by atoms with E-state index in [0.717, 1.165) is 0 Å². The van der Waals surface area contributed by atoms with E-state index < -0.39 is 0 Å². The quantitative estimate of drug-likeness (QED) is 0.750. The predicted octanol–water partition coefficient (Wildman–Crippen LogP) is 4.03. The Bertz CT molecular complexity index is 689. The molecule has 0 bridgehead atoms. The Labute approximate surface area is 141 Å². The normalized spacial score (nSPS) is 10.1. The molecule has 20 heavy (non-hydrogen) atoms. The summed E-state index contributed by atoms with van der Waals surface area (Å²) in [5, 5.41) is 11.9. The van der Waals surface area contributed by atoms with Gasteiger partial charge in [-0.3, -0.25) is 4.79 Å². The van der Waals surface area contributed by atoms with Crippen LogP contribution in [0.5, 0.6) is 0 Å². The highest BCUT2D eigenvalue weighted by atomic mass is 79.9. The minimum atomic E-state index is -0.173. The summed E-state index contributed by atoms with van der Waals surface area (Å²) in [5.74, 6) is -0.173. The third-order valence-electron chi connectivity index (χ3n) is 2.63. The fourth-order valence-electron chi connectivity index (χ4n) is 1.61. The van der Waals surface area contributed by atoms with Gasteiger partial charge >= 0.3 is 0 Å². The number of rotatable bonds is 3. The Morgan fingerprint density at radius 1 is 1.20 bits per heavy atom. The van der Waals surface area contributed by atoms with Gasteiger partial charge in [-0.25, -0.2) is 0 Å². The SMILES string of the molecule is N#Cc1c(Br)c(Br)n(CNC(=O)c2ccccc2)c1Br. The monoisotopic (exact) mass is 459 g/mol. The number of nitriles is 1. The second-order valence-corrected chi connectivity index (χ2v) is 6.14. The molecule has 1 aromatic carbocycles. The number of nitrogens with zero attached hydrogens (tertiary/aromatic N) is 2. The van der Waals surface area contributed by atoms with Gasteiger partial charge in [-0.2, -0.15) is 5.26 Å². The highest BCUT2D eigenvalue weighted by Gasteiger charge is 2.18. The van der Waals surface area contributed by atoms with Crippen LogP contribution in [0.1, 0.15) is 15.9 Å². The maximum atomic E-state index is 12.0. The van der Waals surface area contributed by atoms with E-state index in [1.165, 1.54) is 0 Å². The summed E-state index contributed by atoms with van der Waals surface area (Å²) in [7, 11) is 0. The number of aromatic nitrogens is 1. The Morgan fingerprint density at radius 3 is 2.40 bits per heavy atom. The smallest absolute Gasteiger partial charge is 0.252 e. The molecule has 2 rings (SSSR count). The maximum absolute atomic E-state index is 12.0. The van der Waals surface area contributed by atoms with Crippen LogP contribution in [-0.4, -0.2) is 10.5 Å². The summed E-state index contributed by atoms with van der Waals surface area (Å²) in [5.41, 5.74) is 1.07. The number of halogens is 3. The van der Waals surface area contributed by atoms with Crippen LogP contribution < -0.4 is 5.32 Å². The molecule has 102 valence electrons. The van der Waals surface area contributed by atoms with Crippen LogP contribution in [0.4, 0.5) is 0 Å². The van der Waals surface area contributed by atoms with E-state index >= 15 is 0 Å². The number of amides is 1. The molecule has 0 unspecified atom stereocenters. The molecule has 7 heteroatoms. The first-order valence-corrected chi connectivity index (χ1v) is 7.90. The Balaban J connectivity index is 2.17. The number of hydrogen-bond acceptors (Lipinski definition) is 2. The second-order valence-electron chi connectivity index (χ2n) is 3.84. The standard InChI is InChI=1S/C13H8Br3N3O/c14-10-9(6-17)11(15)19(12(10)16)7-18-13(20)8-4-2-1-3-5-8/h1-5H,7H2,(H,18,20). The molecule has 0 atom stereocenters. The third kappa shape index (κ3) is 2.97. The molecular weight excluding hydrogens is 454 g/mol. The van der Waals surface area contributed by atoms with Gasteiger partial charge in [-0.15, -0.1) is 0 Å². The first-order valence-electron chi connectivity index (χ1n) is 5.52. The van der Waals surface area contributed by atoms with E-state index in [2.05, 4.69) is 59.2 Å². The van der Waals surface area contributed by atoms with Crippen molar-refractivity contribution in [3.05, 3.63) is 55.1 Å². The minimum absolute atomic E-state index is 0.173. The first kappa shape index (κ1) is 15.3. The molecule has 0 fully saturated rings. The number of carbonyl (C=O) groups excluding carboxylic acids is 1. The molecule has 0 saturated carbocycles. The zero-order valence-corrected chi connectivity index (χ0v) is 14.8. The zero-order valence-electron chi connectivity index (χ0n) is 10.0. The van der Waals surface area contributed by atoms with Crippen LogP contribution in [0.2, 0.25) is 0 Å². The lowest BCUT2D eigenvalue weighted by molar-refractivity contribution is 0.0941. The van der Waals surface area contributed by atoms with Crippen molar-refractivity contribution < 1.29 is 4.79 Å². The van der Waals surface area contributed by atoms with Crippen LogP contribution >= 0.6 is 47.8 Å². The van der Waals surface area contributed by atoms with Crippen LogP contribution in [0, 0.1) is 11.3 Å². The first-order chi connectivity index (χ1) is 9.56. The maximum Gasteiger partial charge on any atom is 0.252 e. The molecule has 1 aromatic heterocycles. The summed E-state index contributed by atoms with van der Waals surface area (Å²) in [4.78, 5) is 12.0. The van der Waals surface area contributed by atoms with Gasteiger partial charge < -0.3 is 9.88 Å². The van der Waals surface area contributed by atoms with E-state index in [-0.39, 0.29) is 12.6 Å². The van der Waals surface area contributed by atoms with E-state index in [1.807, 2.05) is 6.07 Å². The molecule has 1 N–H and O–H groups in total. The van der Waals surface area contributed by atoms with Crippen molar-refractivity contribution in [1.29, 1.82) is 5.26 Å². The van der Waals surface area contributed by atoms with Gasteiger partial charge in [0.2, 0.25) is 0 Å². The largest absolute Gasteiger partial charge is 0.334 e. The second kappa shape index (κ2) is 6.57. The minimum Gasteiger partial charge on any atom is -0.334 e. The lowest BCUT2D eigenvalue weighted by atomic mass is 10.2. The summed E-state index contributed by atoms with van der Waals surface area (Å²) in [6.07, 6.45) is 0.